The van der Waals surface area contributed by atoms with E-state index in [1.165, 1.54) is 6.42 Å². The molecule has 1 aliphatic heterocycles. The Morgan fingerprint density at radius 3 is 2.54 bits per heavy atom. The van der Waals surface area contributed by atoms with Gasteiger partial charge in [0.2, 0.25) is 0 Å². The predicted molar refractivity (Wildman–Crippen MR) is 112 cm³/mol. The molecule has 142 valence electrons. The van der Waals surface area contributed by atoms with Gasteiger partial charge in [-0.15, -0.1) is 0 Å². The Labute approximate surface area is 164 Å². The normalized spacial score (nSPS) is 22.7. The van der Waals surface area contributed by atoms with Crippen molar-refractivity contribution in [2.75, 3.05) is 13.1 Å². The molecule has 0 saturated carbocycles. The van der Waals surface area contributed by atoms with Gasteiger partial charge in [-0.05, 0) is 49.8 Å². The highest BCUT2D eigenvalue weighted by Crippen LogP contribution is 2.32. The molecule has 2 aromatic rings. The Hall–Kier alpha value is -1.20. The molecule has 1 saturated heterocycles. The average molecular weight is 420 g/mol. The molecule has 26 heavy (non-hydrogen) atoms. The molecule has 4 nitrogen and oxygen atoms in total. The van der Waals surface area contributed by atoms with Crippen LogP contribution in [0.5, 0.6) is 0 Å². The third-order valence-corrected chi connectivity index (χ3v) is 5.95. The van der Waals surface area contributed by atoms with Gasteiger partial charge in [0, 0.05) is 24.1 Å². The molecule has 1 aromatic carbocycles. The predicted octanol–water partition coefficient (Wildman–Crippen LogP) is 5.00. The third kappa shape index (κ3) is 3.89. The van der Waals surface area contributed by atoms with Crippen molar-refractivity contribution in [2.45, 2.75) is 59.5 Å². The Balaban J connectivity index is 2.13. The topological polar surface area (TPSA) is 38.1 Å². The molecule has 5 heteroatoms. The molecule has 0 N–H and O–H groups in total. The number of nitrogens with zero attached hydrogens (tertiary/aromatic N) is 3. The molecule has 0 radical (unpaired) electrons. The summed E-state index contributed by atoms with van der Waals surface area (Å²) in [6, 6.07) is 5.97. The van der Waals surface area contributed by atoms with E-state index in [0.29, 0.717) is 23.8 Å². The number of likely N-dealkylation sites (tertiary alicyclic amines) is 1. The highest BCUT2D eigenvalue weighted by molar-refractivity contribution is 9.10. The highest BCUT2D eigenvalue weighted by Gasteiger charge is 2.30. The second-order valence-corrected chi connectivity index (χ2v) is 8.80. The fourth-order valence-electron chi connectivity index (χ4n) is 4.49. The van der Waals surface area contributed by atoms with Crippen LogP contribution in [0, 0.1) is 11.8 Å². The Bertz CT molecular complexity index is 822. The number of rotatable bonds is 5. The van der Waals surface area contributed by atoms with Crippen LogP contribution >= 0.6 is 15.9 Å². The summed E-state index contributed by atoms with van der Waals surface area (Å²) in [4.78, 5) is 20.7. The standard InChI is InChI=1S/C21H30BrN3O/c1-5-7-19(24-12-14(3)10-15(4)13-24)20-23-18-11-16(22)8-9-17(18)21(26)25(20)6-2/h8-9,11,14-15,19H,5-7,10,12-13H2,1-4H3/t14-,15+,19?. The second-order valence-electron chi connectivity index (χ2n) is 7.89. The van der Waals surface area contributed by atoms with Crippen molar-refractivity contribution in [3.05, 3.63) is 38.9 Å². The highest BCUT2D eigenvalue weighted by atomic mass is 79.9. The van der Waals surface area contributed by atoms with Gasteiger partial charge in [-0.1, -0.05) is 43.1 Å². The summed E-state index contributed by atoms with van der Waals surface area (Å²) in [5, 5.41) is 0.703. The zero-order valence-corrected chi connectivity index (χ0v) is 17.9. The van der Waals surface area contributed by atoms with Crippen molar-refractivity contribution in [2.24, 2.45) is 11.8 Å². The number of hydrogen-bond donors (Lipinski definition) is 0. The summed E-state index contributed by atoms with van der Waals surface area (Å²) >= 11 is 3.52. The lowest BCUT2D eigenvalue weighted by Crippen LogP contribution is -2.43. The molecule has 2 heterocycles. The third-order valence-electron chi connectivity index (χ3n) is 5.46. The maximum Gasteiger partial charge on any atom is 0.261 e. The van der Waals surface area contributed by atoms with E-state index in [2.05, 4.69) is 41.6 Å². The zero-order valence-electron chi connectivity index (χ0n) is 16.3. The number of fused-ring (bicyclic) bond motifs is 1. The van der Waals surface area contributed by atoms with Gasteiger partial charge in [0.1, 0.15) is 5.82 Å². The van der Waals surface area contributed by atoms with Gasteiger partial charge >= 0.3 is 0 Å². The van der Waals surface area contributed by atoms with Crippen LogP contribution in [-0.2, 0) is 6.54 Å². The van der Waals surface area contributed by atoms with Crippen LogP contribution in [0.1, 0.15) is 58.8 Å². The molecular formula is C21H30BrN3O. The Morgan fingerprint density at radius 2 is 1.92 bits per heavy atom. The molecular weight excluding hydrogens is 390 g/mol. The van der Waals surface area contributed by atoms with E-state index < -0.39 is 0 Å². The summed E-state index contributed by atoms with van der Waals surface area (Å²) in [5.41, 5.74) is 0.877. The van der Waals surface area contributed by atoms with Gasteiger partial charge in [0.05, 0.1) is 16.9 Å². The molecule has 3 rings (SSSR count). The van der Waals surface area contributed by atoms with E-state index in [-0.39, 0.29) is 11.6 Å². The monoisotopic (exact) mass is 419 g/mol. The minimum atomic E-state index is 0.0826. The average Bonchev–Trinajstić information content (AvgIpc) is 2.58. The number of piperidine rings is 1. The maximum absolute atomic E-state index is 13.1. The van der Waals surface area contributed by atoms with Crippen LogP contribution in [0.4, 0.5) is 0 Å². The molecule has 1 unspecified atom stereocenters. The van der Waals surface area contributed by atoms with E-state index in [0.717, 1.165) is 41.7 Å². The van der Waals surface area contributed by atoms with Crippen LogP contribution in [-0.4, -0.2) is 27.5 Å². The van der Waals surface area contributed by atoms with Gasteiger partial charge in [-0.3, -0.25) is 14.3 Å². The molecule has 0 aliphatic carbocycles. The minimum Gasteiger partial charge on any atom is -0.295 e. The Kier molecular flexibility index (Phi) is 6.18. The van der Waals surface area contributed by atoms with Crippen molar-refractivity contribution in [1.82, 2.24) is 14.5 Å². The fraction of sp³-hybridized carbons (Fsp3) is 0.619. The second kappa shape index (κ2) is 8.22. The minimum absolute atomic E-state index is 0.0826. The van der Waals surface area contributed by atoms with E-state index in [4.69, 9.17) is 4.98 Å². The number of hydrogen-bond acceptors (Lipinski definition) is 3. The molecule has 0 bridgehead atoms. The summed E-state index contributed by atoms with van der Waals surface area (Å²) in [5.74, 6) is 2.32. The van der Waals surface area contributed by atoms with Crippen LogP contribution in [0.15, 0.2) is 27.5 Å². The smallest absolute Gasteiger partial charge is 0.261 e. The lowest BCUT2D eigenvalue weighted by Gasteiger charge is -2.40. The SMILES string of the molecule is CCCC(c1nc2cc(Br)ccc2c(=O)n1CC)N1C[C@H](C)C[C@H](C)C1. The van der Waals surface area contributed by atoms with Crippen LogP contribution < -0.4 is 5.56 Å². The van der Waals surface area contributed by atoms with Crippen LogP contribution in [0.3, 0.4) is 0 Å². The molecule has 1 aliphatic rings. The van der Waals surface area contributed by atoms with Gasteiger partial charge in [0.25, 0.3) is 5.56 Å². The summed E-state index contributed by atoms with van der Waals surface area (Å²) in [6.07, 6.45) is 3.40. The largest absolute Gasteiger partial charge is 0.295 e. The number of halogens is 1. The number of aromatic nitrogens is 2. The van der Waals surface area contributed by atoms with Gasteiger partial charge in [0.15, 0.2) is 0 Å². The fourth-order valence-corrected chi connectivity index (χ4v) is 4.83. The summed E-state index contributed by atoms with van der Waals surface area (Å²) in [7, 11) is 0. The van der Waals surface area contributed by atoms with Crippen LogP contribution in [0.2, 0.25) is 0 Å². The lowest BCUT2D eigenvalue weighted by molar-refractivity contribution is 0.0836. The Morgan fingerprint density at radius 1 is 1.23 bits per heavy atom. The lowest BCUT2D eigenvalue weighted by atomic mass is 9.90. The van der Waals surface area contributed by atoms with E-state index in [9.17, 15) is 4.79 Å². The molecule has 0 amide bonds. The van der Waals surface area contributed by atoms with Crippen molar-refractivity contribution in [1.29, 1.82) is 0 Å². The zero-order chi connectivity index (χ0) is 18.8. The molecule has 0 spiro atoms. The summed E-state index contributed by atoms with van der Waals surface area (Å²) < 4.78 is 2.85. The first-order chi connectivity index (χ1) is 12.4. The summed E-state index contributed by atoms with van der Waals surface area (Å²) in [6.45, 7) is 11.8. The maximum atomic E-state index is 13.1. The van der Waals surface area contributed by atoms with Gasteiger partial charge < -0.3 is 0 Å². The molecule has 3 atom stereocenters. The van der Waals surface area contributed by atoms with Crippen molar-refractivity contribution >= 4 is 26.8 Å². The first-order valence-electron chi connectivity index (χ1n) is 9.88. The number of benzene rings is 1. The van der Waals surface area contributed by atoms with Crippen molar-refractivity contribution < 1.29 is 0 Å². The first kappa shape index (κ1) is 19.6. The van der Waals surface area contributed by atoms with Gasteiger partial charge in [-0.2, -0.15) is 0 Å². The molecule has 1 fully saturated rings. The van der Waals surface area contributed by atoms with E-state index >= 15 is 0 Å². The van der Waals surface area contributed by atoms with Crippen molar-refractivity contribution in [3.8, 4) is 0 Å². The van der Waals surface area contributed by atoms with E-state index in [1.807, 2.05) is 29.7 Å². The molecule has 1 aromatic heterocycles. The van der Waals surface area contributed by atoms with Crippen LogP contribution in [0.25, 0.3) is 10.9 Å². The van der Waals surface area contributed by atoms with Gasteiger partial charge in [-0.25, -0.2) is 4.98 Å². The quantitative estimate of drug-likeness (QED) is 0.684. The van der Waals surface area contributed by atoms with Crippen molar-refractivity contribution in [3.63, 3.8) is 0 Å². The van der Waals surface area contributed by atoms with E-state index in [1.54, 1.807) is 0 Å². The first-order valence-corrected chi connectivity index (χ1v) is 10.7.